The average Bonchev–Trinajstić information content (AvgIpc) is 2.66. The first-order chi connectivity index (χ1) is 14.1. The van der Waals surface area contributed by atoms with Gasteiger partial charge in [0.1, 0.15) is 5.60 Å². The van der Waals surface area contributed by atoms with E-state index in [0.717, 1.165) is 16.6 Å². The van der Waals surface area contributed by atoms with Crippen LogP contribution in [0.5, 0.6) is 0 Å². The largest absolute Gasteiger partial charge is 0.459 e. The van der Waals surface area contributed by atoms with Gasteiger partial charge in [0.2, 0.25) is 5.91 Å². The van der Waals surface area contributed by atoms with Gasteiger partial charge in [-0.3, -0.25) is 19.3 Å². The predicted octanol–water partition coefficient (Wildman–Crippen LogP) is 2.47. The Morgan fingerprint density at radius 2 is 1.90 bits per heavy atom. The van der Waals surface area contributed by atoms with Crippen LogP contribution in [0.3, 0.4) is 0 Å². The van der Waals surface area contributed by atoms with Gasteiger partial charge in [-0.25, -0.2) is 0 Å². The molecule has 1 aliphatic rings. The summed E-state index contributed by atoms with van der Waals surface area (Å²) in [6.45, 7) is 7.51. The van der Waals surface area contributed by atoms with Crippen molar-refractivity contribution in [3.63, 3.8) is 0 Å². The lowest BCUT2D eigenvalue weighted by molar-refractivity contribution is -0.155. The van der Waals surface area contributed by atoms with E-state index in [9.17, 15) is 14.4 Å². The maximum Gasteiger partial charge on any atom is 0.320 e. The number of aromatic amines is 1. The van der Waals surface area contributed by atoms with Crippen LogP contribution in [0.25, 0.3) is 10.8 Å². The quantitative estimate of drug-likeness (QED) is 0.736. The molecular weight excluding hydrogens is 382 g/mol. The molecule has 1 aromatic carbocycles. The fraction of sp³-hybridized carbons (Fsp3) is 0.522. The Bertz CT molecular complexity index is 990. The number of benzene rings is 1. The van der Waals surface area contributed by atoms with Gasteiger partial charge in [0.05, 0.1) is 6.54 Å². The standard InChI is InChI=1S/C23H31N3O4/c1-23(2,3)30-21(28)15-25(4)12-7-10-20(27)26-13-11-19-18(14-26)16-8-5-6-9-17(16)22(29)24-19/h5-6,8-9H,7,10-15H2,1-4H3,(H,24,29). The molecule has 1 aliphatic heterocycles. The van der Waals surface area contributed by atoms with Gasteiger partial charge >= 0.3 is 5.97 Å². The number of likely N-dealkylation sites (N-methyl/N-ethyl adjacent to an activating group) is 1. The van der Waals surface area contributed by atoms with E-state index in [0.29, 0.717) is 44.3 Å². The molecule has 2 aromatic rings. The van der Waals surface area contributed by atoms with Gasteiger partial charge < -0.3 is 14.6 Å². The summed E-state index contributed by atoms with van der Waals surface area (Å²) >= 11 is 0. The van der Waals surface area contributed by atoms with E-state index in [1.165, 1.54) is 0 Å². The number of carbonyl (C=O) groups excluding carboxylic acids is 2. The molecule has 1 amide bonds. The van der Waals surface area contributed by atoms with E-state index >= 15 is 0 Å². The van der Waals surface area contributed by atoms with Crippen LogP contribution in [0.15, 0.2) is 29.1 Å². The maximum atomic E-state index is 12.7. The minimum Gasteiger partial charge on any atom is -0.459 e. The molecule has 0 aliphatic carbocycles. The van der Waals surface area contributed by atoms with Crippen molar-refractivity contribution < 1.29 is 14.3 Å². The fourth-order valence-corrected chi connectivity index (χ4v) is 3.84. The highest BCUT2D eigenvalue weighted by atomic mass is 16.6. The van der Waals surface area contributed by atoms with Gasteiger partial charge in [0.15, 0.2) is 0 Å². The molecule has 7 heteroatoms. The SMILES string of the molecule is CN(CCCC(=O)N1CCc2[nH]c(=O)c3ccccc3c2C1)CC(=O)OC(C)(C)C. The number of nitrogens with one attached hydrogen (secondary N) is 1. The lowest BCUT2D eigenvalue weighted by Gasteiger charge is -2.30. The van der Waals surface area contributed by atoms with Crippen molar-refractivity contribution in [2.45, 2.75) is 52.2 Å². The van der Waals surface area contributed by atoms with Crippen molar-refractivity contribution in [1.29, 1.82) is 0 Å². The molecular formula is C23H31N3O4. The van der Waals surface area contributed by atoms with Crippen molar-refractivity contribution in [3.8, 4) is 0 Å². The third-order valence-corrected chi connectivity index (χ3v) is 5.21. The van der Waals surface area contributed by atoms with E-state index in [1.807, 2.05) is 61.9 Å². The second kappa shape index (κ2) is 9.00. The van der Waals surface area contributed by atoms with Crippen LogP contribution >= 0.6 is 0 Å². The molecule has 0 saturated carbocycles. The highest BCUT2D eigenvalue weighted by Gasteiger charge is 2.23. The van der Waals surface area contributed by atoms with E-state index in [4.69, 9.17) is 4.74 Å². The summed E-state index contributed by atoms with van der Waals surface area (Å²) in [6, 6.07) is 7.53. The third-order valence-electron chi connectivity index (χ3n) is 5.21. The fourth-order valence-electron chi connectivity index (χ4n) is 3.84. The molecule has 1 aromatic heterocycles. The molecule has 2 heterocycles. The van der Waals surface area contributed by atoms with Crippen LogP contribution in [0, 0.1) is 0 Å². The minimum absolute atomic E-state index is 0.0721. The van der Waals surface area contributed by atoms with E-state index in [1.54, 1.807) is 0 Å². The summed E-state index contributed by atoms with van der Waals surface area (Å²) in [5, 5.41) is 1.58. The summed E-state index contributed by atoms with van der Waals surface area (Å²) in [4.78, 5) is 43.6. The average molecular weight is 414 g/mol. The van der Waals surface area contributed by atoms with Crippen molar-refractivity contribution >= 4 is 22.6 Å². The van der Waals surface area contributed by atoms with E-state index in [-0.39, 0.29) is 24.0 Å². The second-order valence-corrected chi connectivity index (χ2v) is 8.95. The molecule has 3 rings (SSSR count). The zero-order chi connectivity index (χ0) is 21.9. The Kier molecular flexibility index (Phi) is 6.61. The molecule has 162 valence electrons. The summed E-state index contributed by atoms with van der Waals surface area (Å²) in [5.41, 5.74) is 1.40. The first-order valence-corrected chi connectivity index (χ1v) is 10.4. The lowest BCUT2D eigenvalue weighted by atomic mass is 9.98. The number of H-pyrrole nitrogens is 1. The minimum atomic E-state index is -0.493. The predicted molar refractivity (Wildman–Crippen MR) is 116 cm³/mol. The third kappa shape index (κ3) is 5.48. The van der Waals surface area contributed by atoms with Crippen molar-refractivity contribution in [2.75, 3.05) is 26.7 Å². The molecule has 0 spiro atoms. The second-order valence-electron chi connectivity index (χ2n) is 8.95. The first-order valence-electron chi connectivity index (χ1n) is 10.4. The maximum absolute atomic E-state index is 12.7. The molecule has 7 nitrogen and oxygen atoms in total. The first kappa shape index (κ1) is 22.0. The van der Waals surface area contributed by atoms with Crippen LogP contribution < -0.4 is 5.56 Å². The Morgan fingerprint density at radius 1 is 1.20 bits per heavy atom. The number of pyridine rings is 1. The smallest absolute Gasteiger partial charge is 0.320 e. The Morgan fingerprint density at radius 3 is 2.60 bits per heavy atom. The molecule has 0 bridgehead atoms. The molecule has 1 N–H and O–H groups in total. The van der Waals surface area contributed by atoms with Crippen LogP contribution in [-0.2, 0) is 27.3 Å². The van der Waals surface area contributed by atoms with Gasteiger partial charge in [-0.1, -0.05) is 18.2 Å². The van der Waals surface area contributed by atoms with E-state index in [2.05, 4.69) is 4.98 Å². The number of aromatic nitrogens is 1. The number of nitrogens with zero attached hydrogens (tertiary/aromatic N) is 2. The number of hydrogen-bond acceptors (Lipinski definition) is 5. The Labute approximate surface area is 177 Å². The lowest BCUT2D eigenvalue weighted by Crippen LogP contribution is -2.38. The van der Waals surface area contributed by atoms with Gasteiger partial charge in [-0.15, -0.1) is 0 Å². The van der Waals surface area contributed by atoms with Crippen LogP contribution in [0.1, 0.15) is 44.9 Å². The highest BCUT2D eigenvalue weighted by molar-refractivity contribution is 5.86. The van der Waals surface area contributed by atoms with Gasteiger partial charge in [0.25, 0.3) is 5.56 Å². The van der Waals surface area contributed by atoms with E-state index < -0.39 is 5.60 Å². The summed E-state index contributed by atoms with van der Waals surface area (Å²) in [6.07, 6.45) is 1.75. The summed E-state index contributed by atoms with van der Waals surface area (Å²) < 4.78 is 5.33. The van der Waals surface area contributed by atoms with Gasteiger partial charge in [0, 0.05) is 37.0 Å². The highest BCUT2D eigenvalue weighted by Crippen LogP contribution is 2.24. The number of ether oxygens (including phenoxy) is 1. The number of amides is 1. The topological polar surface area (TPSA) is 82.7 Å². The van der Waals surface area contributed by atoms with Crippen LogP contribution in [0.4, 0.5) is 0 Å². The Hall–Kier alpha value is -2.67. The number of hydrogen-bond donors (Lipinski definition) is 1. The number of carbonyl (C=O) groups is 2. The van der Waals surface area contributed by atoms with Crippen molar-refractivity contribution in [1.82, 2.24) is 14.8 Å². The molecule has 30 heavy (non-hydrogen) atoms. The molecule has 0 unspecified atom stereocenters. The normalized spacial score (nSPS) is 14.1. The Balaban J connectivity index is 1.54. The van der Waals surface area contributed by atoms with Crippen molar-refractivity contribution in [3.05, 3.63) is 45.9 Å². The van der Waals surface area contributed by atoms with Crippen molar-refractivity contribution in [2.24, 2.45) is 0 Å². The van der Waals surface area contributed by atoms with Gasteiger partial charge in [-0.2, -0.15) is 0 Å². The molecule has 0 atom stereocenters. The van der Waals surface area contributed by atoms with Crippen LogP contribution in [-0.4, -0.2) is 58.9 Å². The monoisotopic (exact) mass is 413 g/mol. The van der Waals surface area contributed by atoms with Crippen LogP contribution in [0.2, 0.25) is 0 Å². The number of esters is 1. The molecule has 0 fully saturated rings. The summed E-state index contributed by atoms with van der Waals surface area (Å²) in [5.74, 6) is -0.161. The molecule has 0 radical (unpaired) electrons. The zero-order valence-electron chi connectivity index (χ0n) is 18.3. The molecule has 0 saturated heterocycles. The van der Waals surface area contributed by atoms with Gasteiger partial charge in [-0.05, 0) is 57.8 Å². The summed E-state index contributed by atoms with van der Waals surface area (Å²) in [7, 11) is 1.86. The number of fused-ring (bicyclic) bond motifs is 3. The number of rotatable bonds is 6. The zero-order valence-corrected chi connectivity index (χ0v) is 18.3.